The van der Waals surface area contributed by atoms with Crippen molar-refractivity contribution in [3.8, 4) is 0 Å². The van der Waals surface area contributed by atoms with Gasteiger partial charge in [-0.15, -0.1) is 0 Å². The van der Waals surface area contributed by atoms with Crippen LogP contribution in [0.4, 0.5) is 0 Å². The molecular formula is C12H13NO3. The number of nitrogens with zero attached hydrogens (tertiary/aromatic N) is 1. The number of rotatable bonds is 3. The molecule has 0 spiro atoms. The SMILES string of the molecule is CC1COC(c2ccc(CC(=O)O)cc2)=N1. The van der Waals surface area contributed by atoms with E-state index in [9.17, 15) is 4.79 Å². The second kappa shape index (κ2) is 4.35. The third-order valence-electron chi connectivity index (χ3n) is 2.36. The van der Waals surface area contributed by atoms with Crippen molar-refractivity contribution in [3.05, 3.63) is 35.4 Å². The largest absolute Gasteiger partial charge is 0.481 e. The van der Waals surface area contributed by atoms with Gasteiger partial charge >= 0.3 is 5.97 Å². The van der Waals surface area contributed by atoms with E-state index in [0.29, 0.717) is 12.5 Å². The summed E-state index contributed by atoms with van der Waals surface area (Å²) in [6.07, 6.45) is 0.0457. The Balaban J connectivity index is 2.13. The lowest BCUT2D eigenvalue weighted by Gasteiger charge is -2.02. The van der Waals surface area contributed by atoms with Gasteiger partial charge in [0.05, 0.1) is 12.5 Å². The highest BCUT2D eigenvalue weighted by molar-refractivity contribution is 5.95. The molecule has 84 valence electrons. The first-order valence-electron chi connectivity index (χ1n) is 5.17. The van der Waals surface area contributed by atoms with E-state index in [-0.39, 0.29) is 12.5 Å². The molecule has 1 aromatic rings. The molecule has 16 heavy (non-hydrogen) atoms. The Bertz CT molecular complexity index is 422. The van der Waals surface area contributed by atoms with Crippen LogP contribution in [0.1, 0.15) is 18.1 Å². The lowest BCUT2D eigenvalue weighted by atomic mass is 10.1. The van der Waals surface area contributed by atoms with Crippen LogP contribution < -0.4 is 0 Å². The molecule has 0 amide bonds. The van der Waals surface area contributed by atoms with E-state index >= 15 is 0 Å². The molecule has 1 atom stereocenters. The number of hydrogen-bond donors (Lipinski definition) is 1. The Labute approximate surface area is 93.6 Å². The van der Waals surface area contributed by atoms with E-state index in [0.717, 1.165) is 11.1 Å². The molecule has 1 aromatic carbocycles. The van der Waals surface area contributed by atoms with Crippen molar-refractivity contribution in [1.29, 1.82) is 0 Å². The van der Waals surface area contributed by atoms with Gasteiger partial charge in [0, 0.05) is 5.56 Å². The van der Waals surface area contributed by atoms with E-state index in [1.54, 1.807) is 12.1 Å². The van der Waals surface area contributed by atoms with Gasteiger partial charge in [-0.1, -0.05) is 12.1 Å². The summed E-state index contributed by atoms with van der Waals surface area (Å²) in [5, 5.41) is 8.63. The zero-order valence-corrected chi connectivity index (χ0v) is 9.01. The van der Waals surface area contributed by atoms with Crippen LogP contribution in [0.2, 0.25) is 0 Å². The molecule has 0 saturated carbocycles. The Kier molecular flexibility index (Phi) is 2.90. The Morgan fingerprint density at radius 2 is 2.19 bits per heavy atom. The van der Waals surface area contributed by atoms with E-state index < -0.39 is 5.97 Å². The lowest BCUT2D eigenvalue weighted by Crippen LogP contribution is -2.03. The first kappa shape index (κ1) is 10.7. The number of carboxylic acid groups (broad SMARTS) is 1. The lowest BCUT2D eigenvalue weighted by molar-refractivity contribution is -0.136. The van der Waals surface area contributed by atoms with Gasteiger partial charge in [0.25, 0.3) is 0 Å². The maximum Gasteiger partial charge on any atom is 0.307 e. The van der Waals surface area contributed by atoms with Gasteiger partial charge in [0.2, 0.25) is 5.90 Å². The maximum atomic E-state index is 10.5. The highest BCUT2D eigenvalue weighted by Gasteiger charge is 2.15. The minimum atomic E-state index is -0.823. The molecule has 1 aliphatic rings. The molecule has 0 saturated heterocycles. The van der Waals surface area contributed by atoms with Crippen LogP contribution in [0.15, 0.2) is 29.3 Å². The Morgan fingerprint density at radius 3 is 2.69 bits per heavy atom. The monoisotopic (exact) mass is 219 g/mol. The van der Waals surface area contributed by atoms with Crippen molar-refractivity contribution in [2.75, 3.05) is 6.61 Å². The van der Waals surface area contributed by atoms with Gasteiger partial charge in [0.15, 0.2) is 0 Å². The van der Waals surface area contributed by atoms with Crippen LogP contribution in [0.3, 0.4) is 0 Å². The van der Waals surface area contributed by atoms with Crippen molar-refractivity contribution in [3.63, 3.8) is 0 Å². The molecule has 1 unspecified atom stereocenters. The average Bonchev–Trinajstić information content (AvgIpc) is 2.65. The maximum absolute atomic E-state index is 10.5. The van der Waals surface area contributed by atoms with Gasteiger partial charge < -0.3 is 9.84 Å². The molecule has 4 heteroatoms. The van der Waals surface area contributed by atoms with Crippen molar-refractivity contribution < 1.29 is 14.6 Å². The smallest absolute Gasteiger partial charge is 0.307 e. The predicted molar refractivity (Wildman–Crippen MR) is 59.7 cm³/mol. The standard InChI is InChI=1S/C12H13NO3/c1-8-7-16-12(13-8)10-4-2-9(3-5-10)6-11(14)15/h2-5,8H,6-7H2,1H3,(H,14,15). The molecule has 0 fully saturated rings. The number of hydrogen-bond acceptors (Lipinski definition) is 3. The third kappa shape index (κ3) is 2.39. The van der Waals surface area contributed by atoms with Crippen LogP contribution in [-0.2, 0) is 16.0 Å². The van der Waals surface area contributed by atoms with Gasteiger partial charge in [-0.3, -0.25) is 4.79 Å². The summed E-state index contributed by atoms with van der Waals surface area (Å²) < 4.78 is 5.41. The van der Waals surface area contributed by atoms with Crippen LogP contribution in [0.25, 0.3) is 0 Å². The molecule has 0 bridgehead atoms. The summed E-state index contributed by atoms with van der Waals surface area (Å²) in [4.78, 5) is 14.8. The molecule has 1 N–H and O–H groups in total. The molecule has 1 aliphatic heterocycles. The predicted octanol–water partition coefficient (Wildman–Crippen LogP) is 1.48. The third-order valence-corrected chi connectivity index (χ3v) is 2.36. The number of carbonyl (C=O) groups is 1. The fourth-order valence-corrected chi connectivity index (χ4v) is 1.57. The first-order valence-corrected chi connectivity index (χ1v) is 5.17. The van der Waals surface area contributed by atoms with E-state index in [1.807, 2.05) is 19.1 Å². The van der Waals surface area contributed by atoms with Crippen LogP contribution in [-0.4, -0.2) is 29.6 Å². The summed E-state index contributed by atoms with van der Waals surface area (Å²) in [5.74, 6) is -0.176. The molecule has 0 radical (unpaired) electrons. The zero-order chi connectivity index (χ0) is 11.5. The van der Waals surface area contributed by atoms with Crippen molar-refractivity contribution in [1.82, 2.24) is 0 Å². The molecule has 0 aliphatic carbocycles. The summed E-state index contributed by atoms with van der Waals surface area (Å²) in [5.41, 5.74) is 1.68. The van der Waals surface area contributed by atoms with Gasteiger partial charge in [-0.05, 0) is 24.6 Å². The topological polar surface area (TPSA) is 58.9 Å². The summed E-state index contributed by atoms with van der Waals surface area (Å²) >= 11 is 0. The number of aliphatic imine (C=N–C) groups is 1. The van der Waals surface area contributed by atoms with Crippen molar-refractivity contribution >= 4 is 11.9 Å². The molecule has 2 rings (SSSR count). The molecule has 4 nitrogen and oxygen atoms in total. The second-order valence-electron chi connectivity index (χ2n) is 3.86. The van der Waals surface area contributed by atoms with E-state index in [1.165, 1.54) is 0 Å². The number of carboxylic acids is 1. The van der Waals surface area contributed by atoms with Gasteiger partial charge in [0.1, 0.15) is 6.61 Å². The fraction of sp³-hybridized carbons (Fsp3) is 0.333. The minimum Gasteiger partial charge on any atom is -0.481 e. The van der Waals surface area contributed by atoms with Gasteiger partial charge in [-0.25, -0.2) is 4.99 Å². The number of ether oxygens (including phenoxy) is 1. The van der Waals surface area contributed by atoms with Crippen molar-refractivity contribution in [2.24, 2.45) is 4.99 Å². The van der Waals surface area contributed by atoms with Crippen LogP contribution in [0.5, 0.6) is 0 Å². The zero-order valence-electron chi connectivity index (χ0n) is 9.01. The second-order valence-corrected chi connectivity index (χ2v) is 3.86. The highest BCUT2D eigenvalue weighted by Crippen LogP contribution is 2.13. The Morgan fingerprint density at radius 1 is 1.50 bits per heavy atom. The highest BCUT2D eigenvalue weighted by atomic mass is 16.5. The van der Waals surface area contributed by atoms with Gasteiger partial charge in [-0.2, -0.15) is 0 Å². The summed E-state index contributed by atoms with van der Waals surface area (Å²) in [7, 11) is 0. The fourth-order valence-electron chi connectivity index (χ4n) is 1.57. The number of aliphatic carboxylic acids is 1. The minimum absolute atomic E-state index is 0.0457. The normalized spacial score (nSPS) is 19.1. The molecular weight excluding hydrogens is 206 g/mol. The summed E-state index contributed by atoms with van der Waals surface area (Å²) in [6.45, 7) is 2.61. The van der Waals surface area contributed by atoms with E-state index in [4.69, 9.17) is 9.84 Å². The van der Waals surface area contributed by atoms with Crippen LogP contribution >= 0.6 is 0 Å². The molecule has 0 aromatic heterocycles. The quantitative estimate of drug-likeness (QED) is 0.837. The van der Waals surface area contributed by atoms with E-state index in [2.05, 4.69) is 4.99 Å². The van der Waals surface area contributed by atoms with Crippen molar-refractivity contribution in [2.45, 2.75) is 19.4 Å². The first-order chi connectivity index (χ1) is 7.65. The number of benzene rings is 1. The molecule has 1 heterocycles. The average molecular weight is 219 g/mol. The summed E-state index contributed by atoms with van der Waals surface area (Å²) in [6, 6.07) is 7.47. The van der Waals surface area contributed by atoms with Crippen LogP contribution in [0, 0.1) is 0 Å². The Hall–Kier alpha value is -1.84.